The van der Waals surface area contributed by atoms with Crippen LogP contribution in [0.25, 0.3) is 10.7 Å². The van der Waals surface area contributed by atoms with Gasteiger partial charge in [-0.25, -0.2) is 8.78 Å². The molecule has 0 aliphatic heterocycles. The summed E-state index contributed by atoms with van der Waals surface area (Å²) in [6, 6.07) is 6.82. The summed E-state index contributed by atoms with van der Waals surface area (Å²) in [6.45, 7) is 4.30. The molecule has 0 fully saturated rings. The summed E-state index contributed by atoms with van der Waals surface area (Å²) in [5.41, 5.74) is -0.182. The van der Waals surface area contributed by atoms with Gasteiger partial charge in [0.1, 0.15) is 11.6 Å². The highest BCUT2D eigenvalue weighted by Gasteiger charge is 2.21. The highest BCUT2D eigenvalue weighted by molar-refractivity contribution is 8.00. The van der Waals surface area contributed by atoms with E-state index in [1.165, 1.54) is 11.8 Å². The third kappa shape index (κ3) is 3.94. The number of rotatable bonds is 6. The van der Waals surface area contributed by atoms with Gasteiger partial charge < -0.3 is 9.88 Å². The molecule has 0 bridgehead atoms. The van der Waals surface area contributed by atoms with Crippen LogP contribution in [0, 0.1) is 11.6 Å². The first-order valence-corrected chi connectivity index (χ1v) is 9.65. The molecule has 0 aliphatic rings. The molecule has 5 nitrogen and oxygen atoms in total. The SMILES string of the molecule is CCn1c(S[C@@H](C)C(=O)Nc2cc(F)ccc2F)nnc1-c1cccs1. The Morgan fingerprint density at radius 2 is 2.15 bits per heavy atom. The van der Waals surface area contributed by atoms with E-state index in [-0.39, 0.29) is 5.69 Å². The minimum absolute atomic E-state index is 0.182. The Morgan fingerprint density at radius 1 is 1.35 bits per heavy atom. The second-order valence-corrected chi connectivity index (χ2v) is 7.66. The van der Waals surface area contributed by atoms with Gasteiger partial charge in [-0.1, -0.05) is 17.8 Å². The van der Waals surface area contributed by atoms with Crippen LogP contribution in [0.15, 0.2) is 40.9 Å². The van der Waals surface area contributed by atoms with Gasteiger partial charge in [-0.15, -0.1) is 21.5 Å². The molecule has 0 aliphatic carbocycles. The zero-order chi connectivity index (χ0) is 18.7. The molecule has 3 rings (SSSR count). The van der Waals surface area contributed by atoms with Crippen LogP contribution in [0.4, 0.5) is 14.5 Å². The Kier molecular flexibility index (Phi) is 5.67. The lowest BCUT2D eigenvalue weighted by atomic mass is 10.3. The van der Waals surface area contributed by atoms with Crippen molar-refractivity contribution in [1.82, 2.24) is 14.8 Å². The van der Waals surface area contributed by atoms with E-state index in [2.05, 4.69) is 15.5 Å². The smallest absolute Gasteiger partial charge is 0.237 e. The Balaban J connectivity index is 1.74. The molecule has 3 aromatic rings. The van der Waals surface area contributed by atoms with Crippen molar-refractivity contribution >= 4 is 34.7 Å². The van der Waals surface area contributed by atoms with Gasteiger partial charge in [0, 0.05) is 12.6 Å². The van der Waals surface area contributed by atoms with Crippen LogP contribution in [0.3, 0.4) is 0 Å². The molecular formula is C17H16F2N4OS2. The van der Waals surface area contributed by atoms with E-state index in [1.54, 1.807) is 18.3 Å². The number of hydrogen-bond donors (Lipinski definition) is 1. The number of anilines is 1. The van der Waals surface area contributed by atoms with E-state index in [1.807, 2.05) is 29.0 Å². The minimum Gasteiger partial charge on any atom is -0.323 e. The van der Waals surface area contributed by atoms with Crippen LogP contribution in [0.5, 0.6) is 0 Å². The van der Waals surface area contributed by atoms with Crippen molar-refractivity contribution in [3.8, 4) is 10.7 Å². The number of hydrogen-bond acceptors (Lipinski definition) is 5. The van der Waals surface area contributed by atoms with Gasteiger partial charge in [0.25, 0.3) is 0 Å². The summed E-state index contributed by atoms with van der Waals surface area (Å²) in [6.07, 6.45) is 0. The molecule has 1 N–H and O–H groups in total. The normalized spacial score (nSPS) is 12.2. The number of carbonyl (C=O) groups excluding carboxylic acids is 1. The summed E-state index contributed by atoms with van der Waals surface area (Å²) in [7, 11) is 0. The van der Waals surface area contributed by atoms with Gasteiger partial charge in [-0.05, 0) is 37.4 Å². The molecule has 9 heteroatoms. The maximum Gasteiger partial charge on any atom is 0.237 e. The number of carbonyl (C=O) groups is 1. The summed E-state index contributed by atoms with van der Waals surface area (Å²) in [4.78, 5) is 13.3. The van der Waals surface area contributed by atoms with Crippen LogP contribution in [0.2, 0.25) is 0 Å². The van der Waals surface area contributed by atoms with E-state index >= 15 is 0 Å². The lowest BCUT2D eigenvalue weighted by Crippen LogP contribution is -2.23. The highest BCUT2D eigenvalue weighted by atomic mass is 32.2. The molecule has 1 aromatic carbocycles. The van der Waals surface area contributed by atoms with Gasteiger partial charge in [0.15, 0.2) is 11.0 Å². The van der Waals surface area contributed by atoms with E-state index in [0.29, 0.717) is 11.7 Å². The third-order valence-electron chi connectivity index (χ3n) is 3.61. The second kappa shape index (κ2) is 7.96. The standard InChI is InChI=1S/C17H16F2N4OS2/c1-3-23-15(14-5-4-8-25-14)21-22-17(23)26-10(2)16(24)20-13-9-11(18)6-7-12(13)19/h4-10H,3H2,1-2H3,(H,20,24)/t10-/m0/s1. The summed E-state index contributed by atoms with van der Waals surface area (Å²) < 4.78 is 28.8. The van der Waals surface area contributed by atoms with Crippen molar-refractivity contribution in [3.63, 3.8) is 0 Å². The third-order valence-corrected chi connectivity index (χ3v) is 5.56. The number of thiophene rings is 1. The Labute approximate surface area is 157 Å². The molecule has 0 spiro atoms. The molecule has 0 saturated heterocycles. The molecule has 0 saturated carbocycles. The fourth-order valence-electron chi connectivity index (χ4n) is 2.29. The van der Waals surface area contributed by atoms with E-state index in [9.17, 15) is 13.6 Å². The second-order valence-electron chi connectivity index (χ2n) is 5.40. The van der Waals surface area contributed by atoms with Crippen molar-refractivity contribution in [2.45, 2.75) is 30.8 Å². The predicted octanol–water partition coefficient (Wildman–Crippen LogP) is 4.42. The van der Waals surface area contributed by atoms with Gasteiger partial charge in [0.2, 0.25) is 5.91 Å². The van der Waals surface area contributed by atoms with E-state index < -0.39 is 22.8 Å². The Bertz CT molecular complexity index is 912. The van der Waals surface area contributed by atoms with E-state index in [4.69, 9.17) is 0 Å². The summed E-state index contributed by atoms with van der Waals surface area (Å²) in [5, 5.41) is 12.8. The predicted molar refractivity (Wildman–Crippen MR) is 99.3 cm³/mol. The number of benzene rings is 1. The number of amides is 1. The van der Waals surface area contributed by atoms with E-state index in [0.717, 1.165) is 28.9 Å². The lowest BCUT2D eigenvalue weighted by Gasteiger charge is -2.13. The fourth-order valence-corrected chi connectivity index (χ4v) is 3.92. The number of nitrogens with zero attached hydrogens (tertiary/aromatic N) is 3. The van der Waals surface area contributed by atoms with Crippen LogP contribution in [0.1, 0.15) is 13.8 Å². The zero-order valence-electron chi connectivity index (χ0n) is 14.1. The summed E-state index contributed by atoms with van der Waals surface area (Å²) >= 11 is 2.78. The van der Waals surface area contributed by atoms with Gasteiger partial charge in [-0.2, -0.15) is 0 Å². The molecule has 0 radical (unpaired) electrons. The van der Waals surface area contributed by atoms with Crippen molar-refractivity contribution in [1.29, 1.82) is 0 Å². The highest BCUT2D eigenvalue weighted by Crippen LogP contribution is 2.29. The Hall–Kier alpha value is -2.26. The lowest BCUT2D eigenvalue weighted by molar-refractivity contribution is -0.115. The van der Waals surface area contributed by atoms with Crippen LogP contribution in [-0.4, -0.2) is 25.9 Å². The first-order chi connectivity index (χ1) is 12.5. The molecule has 1 amide bonds. The van der Waals surface area contributed by atoms with Gasteiger partial charge in [-0.3, -0.25) is 4.79 Å². The molecular weight excluding hydrogens is 378 g/mol. The van der Waals surface area contributed by atoms with Crippen molar-refractivity contribution in [2.75, 3.05) is 5.32 Å². The first kappa shape index (κ1) is 18.5. The van der Waals surface area contributed by atoms with Crippen LogP contribution < -0.4 is 5.32 Å². The average molecular weight is 394 g/mol. The monoisotopic (exact) mass is 394 g/mol. The van der Waals surface area contributed by atoms with Crippen LogP contribution >= 0.6 is 23.1 Å². The molecule has 1 atom stereocenters. The molecule has 26 heavy (non-hydrogen) atoms. The van der Waals surface area contributed by atoms with Crippen molar-refractivity contribution in [2.24, 2.45) is 0 Å². The maximum atomic E-state index is 13.7. The number of nitrogens with one attached hydrogen (secondary N) is 1. The molecule has 2 aromatic heterocycles. The van der Waals surface area contributed by atoms with Gasteiger partial charge >= 0.3 is 0 Å². The number of aromatic nitrogens is 3. The number of halogens is 2. The zero-order valence-corrected chi connectivity index (χ0v) is 15.7. The topological polar surface area (TPSA) is 59.8 Å². The first-order valence-electron chi connectivity index (χ1n) is 7.89. The largest absolute Gasteiger partial charge is 0.323 e. The summed E-state index contributed by atoms with van der Waals surface area (Å²) in [5.74, 6) is -1.00. The number of thioether (sulfide) groups is 1. The van der Waals surface area contributed by atoms with Gasteiger partial charge in [0.05, 0.1) is 15.8 Å². The van der Waals surface area contributed by atoms with Crippen molar-refractivity contribution in [3.05, 3.63) is 47.3 Å². The Morgan fingerprint density at radius 3 is 2.85 bits per heavy atom. The maximum absolute atomic E-state index is 13.7. The van der Waals surface area contributed by atoms with Crippen molar-refractivity contribution < 1.29 is 13.6 Å². The average Bonchev–Trinajstić information content (AvgIpc) is 3.27. The molecule has 0 unspecified atom stereocenters. The minimum atomic E-state index is -0.686. The fraction of sp³-hybridized carbons (Fsp3) is 0.235. The quantitative estimate of drug-likeness (QED) is 0.629. The van der Waals surface area contributed by atoms with Crippen LogP contribution in [-0.2, 0) is 11.3 Å². The molecule has 136 valence electrons. The molecule has 2 heterocycles.